The average molecular weight is 289 g/mol. The molecule has 2 N–H and O–H groups in total. The molecule has 2 rings (SSSR count). The van der Waals surface area contributed by atoms with Crippen LogP contribution in [0.3, 0.4) is 0 Å². The van der Waals surface area contributed by atoms with E-state index in [4.69, 9.17) is 0 Å². The van der Waals surface area contributed by atoms with E-state index in [2.05, 4.69) is 10.6 Å². The molecule has 0 aromatic heterocycles. The molecule has 0 spiro atoms. The topological polar surface area (TPSA) is 41.1 Å². The van der Waals surface area contributed by atoms with Gasteiger partial charge >= 0.3 is 0 Å². The summed E-state index contributed by atoms with van der Waals surface area (Å²) >= 11 is 0. The molecule has 0 saturated carbocycles. The van der Waals surface area contributed by atoms with Crippen molar-refractivity contribution in [2.75, 3.05) is 19.6 Å². The van der Waals surface area contributed by atoms with Crippen molar-refractivity contribution in [2.45, 2.75) is 6.42 Å². The summed E-state index contributed by atoms with van der Waals surface area (Å²) in [6.45, 7) is 2.02. The molecule has 0 unspecified atom stereocenters. The second kappa shape index (κ2) is 7.21. The molecule has 19 heavy (non-hydrogen) atoms. The van der Waals surface area contributed by atoms with Crippen LogP contribution in [0.5, 0.6) is 0 Å². The molecule has 6 heteroatoms. The van der Waals surface area contributed by atoms with E-state index >= 15 is 0 Å². The summed E-state index contributed by atoms with van der Waals surface area (Å²) in [5.74, 6) is -2.70. The molecular formula is C13H15ClF2N2O. The third-order valence-corrected chi connectivity index (χ3v) is 2.83. The fraction of sp³-hybridized carbons (Fsp3) is 0.308. The molecule has 1 aliphatic rings. The van der Waals surface area contributed by atoms with Crippen LogP contribution in [0.4, 0.5) is 8.78 Å². The Morgan fingerprint density at radius 1 is 1.37 bits per heavy atom. The molecule has 0 radical (unpaired) electrons. The molecule has 1 aromatic carbocycles. The minimum Gasteiger partial charge on any atom is -0.348 e. The Morgan fingerprint density at radius 2 is 2.16 bits per heavy atom. The van der Waals surface area contributed by atoms with Crippen molar-refractivity contribution in [3.8, 4) is 0 Å². The number of amides is 1. The van der Waals surface area contributed by atoms with Gasteiger partial charge in [0.05, 0.1) is 5.56 Å². The summed E-state index contributed by atoms with van der Waals surface area (Å²) in [6.07, 6.45) is 2.84. The van der Waals surface area contributed by atoms with Crippen molar-refractivity contribution in [3.05, 3.63) is 47.0 Å². The Bertz CT molecular complexity index is 492. The molecule has 0 fully saturated rings. The summed E-state index contributed by atoms with van der Waals surface area (Å²) in [5.41, 5.74) is 0.837. The number of rotatable bonds is 3. The van der Waals surface area contributed by atoms with Gasteiger partial charge in [-0.25, -0.2) is 8.78 Å². The van der Waals surface area contributed by atoms with Gasteiger partial charge < -0.3 is 10.6 Å². The van der Waals surface area contributed by atoms with E-state index in [1.165, 1.54) is 12.1 Å². The van der Waals surface area contributed by atoms with Crippen LogP contribution in [0.25, 0.3) is 0 Å². The van der Waals surface area contributed by atoms with Crippen molar-refractivity contribution in [1.29, 1.82) is 0 Å². The van der Waals surface area contributed by atoms with Gasteiger partial charge in [0.1, 0.15) is 0 Å². The van der Waals surface area contributed by atoms with E-state index in [1.54, 1.807) is 0 Å². The van der Waals surface area contributed by atoms with Gasteiger partial charge in [0.25, 0.3) is 5.91 Å². The molecule has 1 aliphatic heterocycles. The smallest absolute Gasteiger partial charge is 0.254 e. The van der Waals surface area contributed by atoms with Gasteiger partial charge in [-0.3, -0.25) is 4.79 Å². The highest BCUT2D eigenvalue weighted by Gasteiger charge is 2.15. The summed E-state index contributed by atoms with van der Waals surface area (Å²) in [7, 11) is 0. The lowest BCUT2D eigenvalue weighted by Crippen LogP contribution is -2.30. The quantitative estimate of drug-likeness (QED) is 0.836. The third kappa shape index (κ3) is 4.01. The fourth-order valence-corrected chi connectivity index (χ4v) is 1.80. The number of nitrogens with one attached hydrogen (secondary N) is 2. The van der Waals surface area contributed by atoms with Crippen LogP contribution in [-0.4, -0.2) is 25.5 Å². The molecule has 0 bridgehead atoms. The fourth-order valence-electron chi connectivity index (χ4n) is 1.80. The molecule has 104 valence electrons. The Morgan fingerprint density at radius 3 is 2.84 bits per heavy atom. The summed E-state index contributed by atoms with van der Waals surface area (Å²) in [4.78, 5) is 11.7. The second-order valence-corrected chi connectivity index (χ2v) is 4.10. The largest absolute Gasteiger partial charge is 0.348 e. The van der Waals surface area contributed by atoms with Crippen molar-refractivity contribution in [1.82, 2.24) is 10.6 Å². The van der Waals surface area contributed by atoms with Crippen molar-refractivity contribution < 1.29 is 13.6 Å². The van der Waals surface area contributed by atoms with E-state index in [0.29, 0.717) is 6.54 Å². The van der Waals surface area contributed by atoms with Crippen LogP contribution in [0.2, 0.25) is 0 Å². The van der Waals surface area contributed by atoms with Gasteiger partial charge in [0.15, 0.2) is 11.6 Å². The van der Waals surface area contributed by atoms with Crippen LogP contribution in [0.1, 0.15) is 16.8 Å². The summed E-state index contributed by atoms with van der Waals surface area (Å²) in [5, 5.41) is 5.75. The first kappa shape index (κ1) is 15.6. The molecule has 0 aliphatic carbocycles. The lowest BCUT2D eigenvalue weighted by molar-refractivity contribution is 0.0951. The van der Waals surface area contributed by atoms with E-state index in [-0.39, 0.29) is 18.0 Å². The number of carbonyl (C=O) groups is 1. The van der Waals surface area contributed by atoms with Crippen LogP contribution >= 0.6 is 12.4 Å². The lowest BCUT2D eigenvalue weighted by Gasteiger charge is -2.14. The summed E-state index contributed by atoms with van der Waals surface area (Å²) < 4.78 is 26.3. The van der Waals surface area contributed by atoms with Gasteiger partial charge in [-0.1, -0.05) is 17.7 Å². The molecule has 3 nitrogen and oxygen atoms in total. The predicted molar refractivity (Wildman–Crippen MR) is 71.5 cm³/mol. The maximum Gasteiger partial charge on any atom is 0.254 e. The number of hydrogen-bond acceptors (Lipinski definition) is 2. The molecule has 1 amide bonds. The average Bonchev–Trinajstić information content (AvgIpc) is 2.40. The van der Waals surface area contributed by atoms with E-state index < -0.39 is 17.5 Å². The zero-order chi connectivity index (χ0) is 13.0. The number of halogens is 3. The van der Waals surface area contributed by atoms with Crippen LogP contribution in [0, 0.1) is 11.6 Å². The molecule has 0 atom stereocenters. The van der Waals surface area contributed by atoms with Crippen LogP contribution in [0.15, 0.2) is 29.8 Å². The van der Waals surface area contributed by atoms with Gasteiger partial charge in [-0.2, -0.15) is 0 Å². The van der Waals surface area contributed by atoms with Crippen molar-refractivity contribution in [3.63, 3.8) is 0 Å². The monoisotopic (exact) mass is 288 g/mol. The first-order valence-electron chi connectivity index (χ1n) is 5.79. The van der Waals surface area contributed by atoms with Crippen LogP contribution < -0.4 is 10.6 Å². The normalized spacial score (nSPS) is 14.3. The van der Waals surface area contributed by atoms with Crippen LogP contribution in [-0.2, 0) is 0 Å². The second-order valence-electron chi connectivity index (χ2n) is 4.10. The van der Waals surface area contributed by atoms with Gasteiger partial charge in [0.2, 0.25) is 0 Å². The highest BCUT2D eigenvalue weighted by molar-refractivity contribution is 5.94. The Labute approximate surface area is 116 Å². The first-order valence-corrected chi connectivity index (χ1v) is 5.79. The highest BCUT2D eigenvalue weighted by Crippen LogP contribution is 2.11. The minimum atomic E-state index is -1.10. The Kier molecular flexibility index (Phi) is 5.92. The minimum absolute atomic E-state index is 0. The highest BCUT2D eigenvalue weighted by atomic mass is 35.5. The predicted octanol–water partition coefficient (Wildman–Crippen LogP) is 2.04. The molecule has 1 heterocycles. The van der Waals surface area contributed by atoms with Gasteiger partial charge in [-0.15, -0.1) is 12.4 Å². The maximum absolute atomic E-state index is 13.4. The van der Waals surface area contributed by atoms with E-state index in [0.717, 1.165) is 31.1 Å². The lowest BCUT2D eigenvalue weighted by atomic mass is 10.1. The van der Waals surface area contributed by atoms with E-state index in [9.17, 15) is 13.6 Å². The SMILES string of the molecule is Cl.O=C(NCC1=CCNCC1)c1cccc(F)c1F. The molecular weight excluding hydrogens is 274 g/mol. The van der Waals surface area contributed by atoms with Gasteiger partial charge in [-0.05, 0) is 25.1 Å². The number of hydrogen-bond donors (Lipinski definition) is 2. The summed E-state index contributed by atoms with van der Waals surface area (Å²) in [6, 6.07) is 3.57. The van der Waals surface area contributed by atoms with Crippen molar-refractivity contribution in [2.24, 2.45) is 0 Å². The zero-order valence-corrected chi connectivity index (χ0v) is 11.0. The standard InChI is InChI=1S/C13H14F2N2O.ClH/c14-11-3-1-2-10(12(11)15)13(18)17-8-9-4-6-16-7-5-9;/h1-4,16H,5-8H2,(H,17,18);1H. The maximum atomic E-state index is 13.4. The Hall–Kier alpha value is -1.46. The van der Waals surface area contributed by atoms with Crippen molar-refractivity contribution >= 4 is 18.3 Å². The first-order chi connectivity index (χ1) is 8.68. The zero-order valence-electron chi connectivity index (χ0n) is 10.2. The third-order valence-electron chi connectivity index (χ3n) is 2.83. The molecule has 0 saturated heterocycles. The number of benzene rings is 1. The van der Waals surface area contributed by atoms with E-state index in [1.807, 2.05) is 6.08 Å². The molecule has 1 aromatic rings. The number of carbonyl (C=O) groups excluding carboxylic acids is 1. The Balaban J connectivity index is 0.00000180. The van der Waals surface area contributed by atoms with Gasteiger partial charge in [0, 0.05) is 13.1 Å².